The van der Waals surface area contributed by atoms with Crippen molar-refractivity contribution in [3.63, 3.8) is 0 Å². The van der Waals surface area contributed by atoms with Crippen molar-refractivity contribution >= 4 is 34.4 Å². The van der Waals surface area contributed by atoms with Gasteiger partial charge in [-0.3, -0.25) is 0 Å². The zero-order valence-corrected chi connectivity index (χ0v) is 16.7. The lowest BCUT2D eigenvalue weighted by molar-refractivity contribution is 0.560. The van der Waals surface area contributed by atoms with Crippen molar-refractivity contribution in [2.75, 3.05) is 11.5 Å². The third-order valence-electron chi connectivity index (χ3n) is 4.04. The van der Waals surface area contributed by atoms with Gasteiger partial charge in [0.1, 0.15) is 22.7 Å². The fourth-order valence-electron chi connectivity index (χ4n) is 2.09. The molecule has 2 aromatic carbocycles. The molecule has 8 nitrogen and oxygen atoms in total. The van der Waals surface area contributed by atoms with Crippen molar-refractivity contribution < 1.29 is 0 Å². The normalized spacial score (nSPS) is 13.9. The molecular formula is C20H28N8. The number of hydrogen-bond acceptors (Lipinski definition) is 6. The fraction of sp³-hybridized carbons (Fsp3) is 0.300. The Kier molecular flexibility index (Phi) is 6.03. The Hall–Kier alpha value is -3.42. The van der Waals surface area contributed by atoms with Gasteiger partial charge in [-0.15, -0.1) is 0 Å². The smallest absolute Gasteiger partial charge is 0.133 e. The molecule has 0 fully saturated rings. The van der Waals surface area contributed by atoms with E-state index in [0.717, 1.165) is 0 Å². The Balaban J connectivity index is 2.23. The highest BCUT2D eigenvalue weighted by Gasteiger charge is 2.27. The summed E-state index contributed by atoms with van der Waals surface area (Å²) in [6, 6.07) is 14.3. The summed E-state index contributed by atoms with van der Waals surface area (Å²) in [7, 11) is 0. The maximum atomic E-state index is 6.16. The predicted octanol–water partition coefficient (Wildman–Crippen LogP) is 3.54. The van der Waals surface area contributed by atoms with Crippen molar-refractivity contribution in [2.24, 2.45) is 31.7 Å². The molecule has 148 valence electrons. The summed E-state index contributed by atoms with van der Waals surface area (Å²) in [5.74, 6) is 0.619. The van der Waals surface area contributed by atoms with Crippen molar-refractivity contribution in [3.05, 3.63) is 48.5 Å². The van der Waals surface area contributed by atoms with Crippen LogP contribution < -0.4 is 22.9 Å². The molecule has 2 rings (SSSR count). The lowest BCUT2D eigenvalue weighted by Crippen LogP contribution is -2.39. The second-order valence-electron chi connectivity index (χ2n) is 7.50. The van der Waals surface area contributed by atoms with Crippen molar-refractivity contribution in [2.45, 2.75) is 38.8 Å². The Morgan fingerprint density at radius 2 is 1.04 bits per heavy atom. The Morgan fingerprint density at radius 1 is 0.679 bits per heavy atom. The van der Waals surface area contributed by atoms with Gasteiger partial charge >= 0.3 is 0 Å². The quantitative estimate of drug-likeness (QED) is 0.262. The van der Waals surface area contributed by atoms with E-state index in [1.54, 1.807) is 24.3 Å². The van der Waals surface area contributed by atoms with Gasteiger partial charge in [-0.2, -0.15) is 10.2 Å². The summed E-state index contributed by atoms with van der Waals surface area (Å²) >= 11 is 0. The topological polar surface area (TPSA) is 154 Å². The first-order chi connectivity index (χ1) is 13.0. The van der Waals surface area contributed by atoms with Crippen LogP contribution in [0.1, 0.15) is 27.7 Å². The van der Waals surface area contributed by atoms with Crippen LogP contribution in [0.15, 0.2) is 68.7 Å². The average Bonchev–Trinajstić information content (AvgIpc) is 2.60. The second-order valence-corrected chi connectivity index (χ2v) is 7.50. The van der Waals surface area contributed by atoms with Gasteiger partial charge in [0.2, 0.25) is 0 Å². The van der Waals surface area contributed by atoms with E-state index in [1.807, 2.05) is 52.0 Å². The highest BCUT2D eigenvalue weighted by Crippen LogP contribution is 2.22. The number of azo groups is 1. The molecule has 0 aromatic heterocycles. The largest absolute Gasteiger partial charge is 0.399 e. The summed E-state index contributed by atoms with van der Waals surface area (Å²) < 4.78 is 0. The molecule has 0 amide bonds. The van der Waals surface area contributed by atoms with Crippen LogP contribution in [0, 0.1) is 0 Å². The van der Waals surface area contributed by atoms with Crippen LogP contribution >= 0.6 is 0 Å². The lowest BCUT2D eigenvalue weighted by atomic mass is 10.0. The SMILES string of the molecule is CC(C)(N=NC(C)(C)C(N)=Nc1cccc(N)c1)C(N)=Nc1cccc(N)c1. The van der Waals surface area contributed by atoms with E-state index in [-0.39, 0.29) is 0 Å². The van der Waals surface area contributed by atoms with E-state index < -0.39 is 11.1 Å². The van der Waals surface area contributed by atoms with Crippen molar-refractivity contribution in [1.29, 1.82) is 0 Å². The highest BCUT2D eigenvalue weighted by molar-refractivity contribution is 5.92. The van der Waals surface area contributed by atoms with Gasteiger partial charge in [-0.1, -0.05) is 12.1 Å². The molecule has 0 saturated carbocycles. The van der Waals surface area contributed by atoms with Gasteiger partial charge in [0.15, 0.2) is 0 Å². The third kappa shape index (κ3) is 5.54. The van der Waals surface area contributed by atoms with Gasteiger partial charge in [0.05, 0.1) is 11.4 Å². The lowest BCUT2D eigenvalue weighted by Gasteiger charge is -2.22. The molecule has 0 aliphatic carbocycles. The van der Waals surface area contributed by atoms with Crippen molar-refractivity contribution in [3.8, 4) is 0 Å². The fourth-order valence-corrected chi connectivity index (χ4v) is 2.09. The van der Waals surface area contributed by atoms with E-state index in [0.29, 0.717) is 34.4 Å². The number of aliphatic imine (C=N–C) groups is 2. The molecule has 0 unspecified atom stereocenters. The molecule has 8 N–H and O–H groups in total. The standard InChI is InChI=1S/C20H28N8/c1-19(2,17(23)25-15-9-5-7-13(21)11-15)27-28-20(3,4)18(24)26-16-10-6-8-14(22)12-16/h5-12H,21-22H2,1-4H3,(H2,23,25)(H2,24,26). The molecule has 0 atom stereocenters. The Morgan fingerprint density at radius 3 is 1.36 bits per heavy atom. The average molecular weight is 381 g/mol. The van der Waals surface area contributed by atoms with Gasteiger partial charge < -0.3 is 22.9 Å². The van der Waals surface area contributed by atoms with Crippen LogP contribution in [0.25, 0.3) is 0 Å². The maximum Gasteiger partial charge on any atom is 0.133 e. The first kappa shape index (κ1) is 20.9. The molecule has 28 heavy (non-hydrogen) atoms. The monoisotopic (exact) mass is 380 g/mol. The van der Waals surface area contributed by atoms with E-state index in [2.05, 4.69) is 20.2 Å². The molecule has 0 spiro atoms. The molecular weight excluding hydrogens is 352 g/mol. The number of anilines is 2. The first-order valence-electron chi connectivity index (χ1n) is 8.84. The minimum atomic E-state index is -0.834. The number of rotatable bonds is 6. The minimum absolute atomic E-state index is 0.309. The predicted molar refractivity (Wildman–Crippen MR) is 117 cm³/mol. The molecule has 0 bridgehead atoms. The van der Waals surface area contributed by atoms with E-state index in [4.69, 9.17) is 22.9 Å². The molecule has 2 aromatic rings. The zero-order chi connectivity index (χ0) is 20.9. The Labute approximate surface area is 165 Å². The van der Waals surface area contributed by atoms with Crippen LogP contribution in [0.5, 0.6) is 0 Å². The molecule has 0 heterocycles. The molecule has 8 heteroatoms. The third-order valence-corrected chi connectivity index (χ3v) is 4.04. The number of nitrogens with zero attached hydrogens (tertiary/aromatic N) is 4. The van der Waals surface area contributed by atoms with Crippen LogP contribution in [-0.2, 0) is 0 Å². The summed E-state index contributed by atoms with van der Waals surface area (Å²) in [6.07, 6.45) is 0. The number of hydrogen-bond donors (Lipinski definition) is 4. The molecule has 0 saturated heterocycles. The van der Waals surface area contributed by atoms with Crippen LogP contribution in [-0.4, -0.2) is 22.7 Å². The summed E-state index contributed by atoms with van der Waals surface area (Å²) in [6.45, 7) is 7.29. The molecule has 0 aliphatic rings. The van der Waals surface area contributed by atoms with Crippen LogP contribution in [0.2, 0.25) is 0 Å². The summed E-state index contributed by atoms with van der Waals surface area (Å²) in [4.78, 5) is 8.80. The van der Waals surface area contributed by atoms with Gasteiger partial charge in [-0.05, 0) is 64.1 Å². The van der Waals surface area contributed by atoms with Gasteiger partial charge in [0.25, 0.3) is 0 Å². The minimum Gasteiger partial charge on any atom is -0.399 e. The highest BCUT2D eigenvalue weighted by atomic mass is 15.2. The number of benzene rings is 2. The van der Waals surface area contributed by atoms with E-state index in [1.165, 1.54) is 0 Å². The maximum absolute atomic E-state index is 6.16. The van der Waals surface area contributed by atoms with Crippen molar-refractivity contribution in [1.82, 2.24) is 0 Å². The van der Waals surface area contributed by atoms with Gasteiger partial charge in [0, 0.05) is 11.4 Å². The molecule has 0 radical (unpaired) electrons. The van der Waals surface area contributed by atoms with Crippen LogP contribution in [0.3, 0.4) is 0 Å². The number of nitrogens with two attached hydrogens (primary N) is 4. The molecule has 0 aliphatic heterocycles. The van der Waals surface area contributed by atoms with E-state index >= 15 is 0 Å². The first-order valence-corrected chi connectivity index (χ1v) is 8.84. The van der Waals surface area contributed by atoms with E-state index in [9.17, 15) is 0 Å². The summed E-state index contributed by atoms with van der Waals surface area (Å²) in [5, 5.41) is 8.76. The number of amidine groups is 2. The second kappa shape index (κ2) is 8.08. The Bertz CT molecular complexity index is 850. The number of nitrogen functional groups attached to an aromatic ring is 2. The van der Waals surface area contributed by atoms with Crippen LogP contribution in [0.4, 0.5) is 22.7 Å². The zero-order valence-electron chi connectivity index (χ0n) is 16.7. The van der Waals surface area contributed by atoms with Gasteiger partial charge in [-0.25, -0.2) is 9.98 Å². The summed E-state index contributed by atoms with van der Waals surface area (Å²) in [5.41, 5.74) is 24.7.